The number of hydrogen-bond donors (Lipinski definition) is 1. The molecule has 88 valence electrons. The normalized spacial score (nSPS) is 12.5. The summed E-state index contributed by atoms with van der Waals surface area (Å²) in [5.74, 6) is -0.283. The van der Waals surface area contributed by atoms with Crippen LogP contribution >= 0.6 is 15.9 Å². The molecule has 0 aliphatic rings. The summed E-state index contributed by atoms with van der Waals surface area (Å²) in [5, 5.41) is 10.2. The van der Waals surface area contributed by atoms with Crippen LogP contribution in [-0.4, -0.2) is 5.11 Å². The van der Waals surface area contributed by atoms with Gasteiger partial charge in [0.15, 0.2) is 0 Å². The van der Waals surface area contributed by atoms with Gasteiger partial charge in [-0.2, -0.15) is 0 Å². The van der Waals surface area contributed by atoms with Gasteiger partial charge in [0.25, 0.3) is 0 Å². The number of benzene rings is 2. The van der Waals surface area contributed by atoms with Crippen LogP contribution in [0.3, 0.4) is 0 Å². The van der Waals surface area contributed by atoms with Crippen molar-refractivity contribution in [2.45, 2.75) is 13.0 Å². The number of aliphatic hydroxyl groups is 1. The van der Waals surface area contributed by atoms with E-state index in [1.807, 2.05) is 24.3 Å². The maximum atomic E-state index is 13.0. The Hall–Kier alpha value is -1.19. The lowest BCUT2D eigenvalue weighted by Gasteiger charge is -2.14. The van der Waals surface area contributed by atoms with Crippen molar-refractivity contribution in [3.05, 3.63) is 69.4 Å². The van der Waals surface area contributed by atoms with Gasteiger partial charge in [0.05, 0.1) is 0 Å². The van der Waals surface area contributed by atoms with Crippen LogP contribution in [-0.2, 0) is 0 Å². The van der Waals surface area contributed by atoms with Gasteiger partial charge in [0, 0.05) is 4.47 Å². The molecule has 0 fully saturated rings. The molecule has 17 heavy (non-hydrogen) atoms. The van der Waals surface area contributed by atoms with Gasteiger partial charge < -0.3 is 5.11 Å². The minimum atomic E-state index is -0.719. The molecule has 0 aliphatic heterocycles. The van der Waals surface area contributed by atoms with Gasteiger partial charge in [0.2, 0.25) is 0 Å². The molecular weight excluding hydrogens is 283 g/mol. The molecule has 0 spiro atoms. The van der Waals surface area contributed by atoms with Gasteiger partial charge in [-0.05, 0) is 47.9 Å². The number of halogens is 2. The number of hydrogen-bond acceptors (Lipinski definition) is 1. The molecule has 0 saturated carbocycles. The lowest BCUT2D eigenvalue weighted by molar-refractivity contribution is 0.219. The summed E-state index contributed by atoms with van der Waals surface area (Å²) in [5.41, 5.74) is 2.28. The van der Waals surface area contributed by atoms with E-state index in [9.17, 15) is 9.50 Å². The van der Waals surface area contributed by atoms with E-state index in [0.717, 1.165) is 21.2 Å². The molecular formula is C14H12BrFO. The highest BCUT2D eigenvalue weighted by Crippen LogP contribution is 2.26. The second kappa shape index (κ2) is 4.98. The first kappa shape index (κ1) is 12.3. The fourth-order valence-electron chi connectivity index (χ4n) is 1.77. The van der Waals surface area contributed by atoms with E-state index >= 15 is 0 Å². The van der Waals surface area contributed by atoms with Gasteiger partial charge in [-0.1, -0.05) is 34.1 Å². The topological polar surface area (TPSA) is 20.2 Å². The molecule has 1 nitrogen and oxygen atoms in total. The molecule has 0 bridgehead atoms. The van der Waals surface area contributed by atoms with Crippen molar-refractivity contribution >= 4 is 15.9 Å². The van der Waals surface area contributed by atoms with E-state index in [1.54, 1.807) is 13.0 Å². The standard InChI is InChI=1S/C14H12BrFO/c1-9-8-12(16)6-7-13(9)14(17)10-2-4-11(15)5-3-10/h2-8,14,17H,1H3/t14-/m0/s1. The van der Waals surface area contributed by atoms with Gasteiger partial charge in [-0.3, -0.25) is 0 Å². The van der Waals surface area contributed by atoms with E-state index in [1.165, 1.54) is 12.1 Å². The van der Waals surface area contributed by atoms with Gasteiger partial charge >= 0.3 is 0 Å². The summed E-state index contributed by atoms with van der Waals surface area (Å²) in [6.45, 7) is 1.79. The second-order valence-electron chi connectivity index (χ2n) is 3.95. The predicted molar refractivity (Wildman–Crippen MR) is 69.3 cm³/mol. The fraction of sp³-hybridized carbons (Fsp3) is 0.143. The SMILES string of the molecule is Cc1cc(F)ccc1[C@@H](O)c1ccc(Br)cc1. The van der Waals surface area contributed by atoms with E-state index in [4.69, 9.17) is 0 Å². The van der Waals surface area contributed by atoms with Crippen molar-refractivity contribution in [2.75, 3.05) is 0 Å². The molecule has 0 aliphatic carbocycles. The molecule has 2 aromatic carbocycles. The lowest BCUT2D eigenvalue weighted by atomic mass is 9.97. The molecule has 0 radical (unpaired) electrons. The minimum absolute atomic E-state index is 0.283. The van der Waals surface area contributed by atoms with Crippen LogP contribution in [0.15, 0.2) is 46.9 Å². The Balaban J connectivity index is 2.36. The first-order valence-electron chi connectivity index (χ1n) is 5.27. The van der Waals surface area contributed by atoms with Crippen LogP contribution in [0, 0.1) is 12.7 Å². The molecule has 0 heterocycles. The molecule has 2 aromatic rings. The smallest absolute Gasteiger partial charge is 0.123 e. The van der Waals surface area contributed by atoms with Crippen LogP contribution < -0.4 is 0 Å². The Labute approximate surface area is 108 Å². The van der Waals surface area contributed by atoms with Crippen molar-refractivity contribution in [3.8, 4) is 0 Å². The Bertz CT molecular complexity index is 522. The van der Waals surface area contributed by atoms with Gasteiger partial charge in [-0.15, -0.1) is 0 Å². The monoisotopic (exact) mass is 294 g/mol. The quantitative estimate of drug-likeness (QED) is 0.888. The number of aliphatic hydroxyl groups excluding tert-OH is 1. The van der Waals surface area contributed by atoms with Gasteiger partial charge in [0.1, 0.15) is 11.9 Å². The molecule has 0 unspecified atom stereocenters. The van der Waals surface area contributed by atoms with Crippen molar-refractivity contribution < 1.29 is 9.50 Å². The van der Waals surface area contributed by atoms with Crippen molar-refractivity contribution in [3.63, 3.8) is 0 Å². The van der Waals surface area contributed by atoms with Crippen LogP contribution in [0.2, 0.25) is 0 Å². The number of rotatable bonds is 2. The highest BCUT2D eigenvalue weighted by atomic mass is 79.9. The third kappa shape index (κ3) is 2.73. The van der Waals surface area contributed by atoms with Crippen molar-refractivity contribution in [1.29, 1.82) is 0 Å². The van der Waals surface area contributed by atoms with Gasteiger partial charge in [-0.25, -0.2) is 4.39 Å². The molecule has 2 rings (SSSR count). The summed E-state index contributed by atoms with van der Waals surface area (Å²) in [7, 11) is 0. The Kier molecular flexibility index (Phi) is 3.60. The summed E-state index contributed by atoms with van der Waals surface area (Å²) in [4.78, 5) is 0. The van der Waals surface area contributed by atoms with E-state index in [0.29, 0.717) is 0 Å². The molecule has 0 amide bonds. The molecule has 1 atom stereocenters. The minimum Gasteiger partial charge on any atom is -0.384 e. The lowest BCUT2D eigenvalue weighted by Crippen LogP contribution is -2.02. The van der Waals surface area contributed by atoms with Crippen LogP contribution in [0.5, 0.6) is 0 Å². The fourth-order valence-corrected chi connectivity index (χ4v) is 2.03. The van der Waals surface area contributed by atoms with E-state index in [2.05, 4.69) is 15.9 Å². The Morgan fingerprint density at radius 2 is 1.76 bits per heavy atom. The van der Waals surface area contributed by atoms with Crippen LogP contribution in [0.4, 0.5) is 4.39 Å². The largest absolute Gasteiger partial charge is 0.384 e. The molecule has 0 saturated heterocycles. The maximum absolute atomic E-state index is 13.0. The Morgan fingerprint density at radius 1 is 1.12 bits per heavy atom. The summed E-state index contributed by atoms with van der Waals surface area (Å²) in [6, 6.07) is 11.9. The average Bonchev–Trinajstić information content (AvgIpc) is 2.29. The highest BCUT2D eigenvalue weighted by molar-refractivity contribution is 9.10. The van der Waals surface area contributed by atoms with E-state index in [-0.39, 0.29) is 5.82 Å². The Morgan fingerprint density at radius 3 is 2.35 bits per heavy atom. The molecule has 1 N–H and O–H groups in total. The van der Waals surface area contributed by atoms with E-state index < -0.39 is 6.10 Å². The van der Waals surface area contributed by atoms with Crippen LogP contribution in [0.1, 0.15) is 22.8 Å². The van der Waals surface area contributed by atoms with Crippen molar-refractivity contribution in [2.24, 2.45) is 0 Å². The summed E-state index contributed by atoms with van der Waals surface area (Å²) >= 11 is 3.34. The zero-order valence-electron chi connectivity index (χ0n) is 9.32. The third-order valence-electron chi connectivity index (χ3n) is 2.71. The van der Waals surface area contributed by atoms with Crippen molar-refractivity contribution in [1.82, 2.24) is 0 Å². The summed E-state index contributed by atoms with van der Waals surface area (Å²) in [6.07, 6.45) is -0.719. The maximum Gasteiger partial charge on any atom is 0.123 e. The predicted octanol–water partition coefficient (Wildman–Crippen LogP) is 3.98. The van der Waals surface area contributed by atoms with Crippen LogP contribution in [0.25, 0.3) is 0 Å². The zero-order valence-corrected chi connectivity index (χ0v) is 10.9. The zero-order chi connectivity index (χ0) is 12.4. The summed E-state index contributed by atoms with van der Waals surface area (Å²) < 4.78 is 13.9. The third-order valence-corrected chi connectivity index (χ3v) is 3.24. The molecule has 3 heteroatoms. The second-order valence-corrected chi connectivity index (χ2v) is 4.87. The first-order valence-corrected chi connectivity index (χ1v) is 6.07. The average molecular weight is 295 g/mol. The number of aryl methyl sites for hydroxylation is 1. The highest BCUT2D eigenvalue weighted by Gasteiger charge is 2.12. The first-order chi connectivity index (χ1) is 8.08. The molecule has 0 aromatic heterocycles.